The van der Waals surface area contributed by atoms with Gasteiger partial charge in [0.05, 0.1) is 0 Å². The SMILES string of the molecule is CNC1CN(C2CCS(=O)CC2)CC1C. The average molecular weight is 230 g/mol. The summed E-state index contributed by atoms with van der Waals surface area (Å²) in [5.74, 6) is 2.59. The van der Waals surface area contributed by atoms with Crippen LogP contribution in [0.1, 0.15) is 19.8 Å². The molecular weight excluding hydrogens is 208 g/mol. The topological polar surface area (TPSA) is 32.3 Å². The maximum Gasteiger partial charge on any atom is 0.0249 e. The standard InChI is InChI=1S/C11H22N2OS/c1-9-7-13(8-11(9)12-2)10-3-5-15(14)6-4-10/h9-12H,3-8H2,1-2H3. The molecule has 2 fully saturated rings. The quantitative estimate of drug-likeness (QED) is 0.747. The van der Waals surface area contributed by atoms with Crippen molar-refractivity contribution in [2.45, 2.75) is 31.8 Å². The summed E-state index contributed by atoms with van der Waals surface area (Å²) in [4.78, 5) is 2.60. The Bertz CT molecular complexity index is 237. The minimum atomic E-state index is -0.523. The molecular formula is C11H22N2OS. The molecule has 0 aliphatic carbocycles. The van der Waals surface area contributed by atoms with E-state index in [1.54, 1.807) is 0 Å². The zero-order chi connectivity index (χ0) is 10.8. The highest BCUT2D eigenvalue weighted by Crippen LogP contribution is 2.24. The molecule has 2 saturated heterocycles. The average Bonchev–Trinajstić information content (AvgIpc) is 2.61. The van der Waals surface area contributed by atoms with Crippen molar-refractivity contribution in [3.8, 4) is 0 Å². The second-order valence-corrected chi connectivity index (χ2v) is 6.60. The summed E-state index contributed by atoms with van der Waals surface area (Å²) in [5.41, 5.74) is 0. The Balaban J connectivity index is 1.87. The van der Waals surface area contributed by atoms with Crippen molar-refractivity contribution in [3.05, 3.63) is 0 Å². The minimum absolute atomic E-state index is 0.523. The highest BCUT2D eigenvalue weighted by atomic mass is 32.2. The first-order chi connectivity index (χ1) is 7.20. The van der Waals surface area contributed by atoms with E-state index >= 15 is 0 Å². The number of hydrogen-bond donors (Lipinski definition) is 1. The molecule has 15 heavy (non-hydrogen) atoms. The van der Waals surface area contributed by atoms with Gasteiger partial charge in [0.15, 0.2) is 0 Å². The van der Waals surface area contributed by atoms with Crippen molar-refractivity contribution in [3.63, 3.8) is 0 Å². The van der Waals surface area contributed by atoms with Crippen molar-refractivity contribution in [2.24, 2.45) is 5.92 Å². The van der Waals surface area contributed by atoms with Crippen molar-refractivity contribution in [2.75, 3.05) is 31.6 Å². The third-order valence-corrected chi connectivity index (χ3v) is 5.27. The van der Waals surface area contributed by atoms with Crippen LogP contribution in [0.3, 0.4) is 0 Å². The zero-order valence-electron chi connectivity index (χ0n) is 9.74. The number of nitrogens with zero attached hydrogens (tertiary/aromatic N) is 1. The fourth-order valence-electron chi connectivity index (χ4n) is 2.82. The van der Waals surface area contributed by atoms with Gasteiger partial charge in [0.25, 0.3) is 0 Å². The third kappa shape index (κ3) is 2.60. The van der Waals surface area contributed by atoms with Gasteiger partial charge < -0.3 is 5.32 Å². The van der Waals surface area contributed by atoms with Gasteiger partial charge >= 0.3 is 0 Å². The Hall–Kier alpha value is 0.0700. The smallest absolute Gasteiger partial charge is 0.0249 e. The molecule has 2 atom stereocenters. The molecule has 0 spiro atoms. The Kier molecular flexibility index (Phi) is 3.80. The molecule has 2 aliphatic rings. The largest absolute Gasteiger partial charge is 0.315 e. The molecule has 88 valence electrons. The van der Waals surface area contributed by atoms with E-state index in [0.29, 0.717) is 12.1 Å². The number of hydrogen-bond acceptors (Lipinski definition) is 3. The molecule has 2 unspecified atom stereocenters. The summed E-state index contributed by atoms with van der Waals surface area (Å²) in [6.45, 7) is 4.71. The van der Waals surface area contributed by atoms with Crippen molar-refractivity contribution in [1.29, 1.82) is 0 Å². The lowest BCUT2D eigenvalue weighted by atomic mass is 10.1. The van der Waals surface area contributed by atoms with Crippen molar-refractivity contribution < 1.29 is 4.21 Å². The fraction of sp³-hybridized carbons (Fsp3) is 1.00. The van der Waals surface area contributed by atoms with Gasteiger partial charge in [-0.25, -0.2) is 0 Å². The van der Waals surface area contributed by atoms with Crippen LogP contribution in [0, 0.1) is 5.92 Å². The van der Waals surface area contributed by atoms with Crippen LogP contribution in [-0.2, 0) is 10.8 Å². The molecule has 2 aliphatic heterocycles. The van der Waals surface area contributed by atoms with Gasteiger partial charge in [0.1, 0.15) is 0 Å². The van der Waals surface area contributed by atoms with E-state index in [2.05, 4.69) is 24.2 Å². The molecule has 2 heterocycles. The summed E-state index contributed by atoms with van der Waals surface area (Å²) in [6.07, 6.45) is 2.27. The second kappa shape index (κ2) is 4.93. The molecule has 0 aromatic heterocycles. The van der Waals surface area contributed by atoms with Crippen molar-refractivity contribution >= 4 is 10.8 Å². The molecule has 0 aromatic rings. The second-order valence-electron chi connectivity index (χ2n) is 4.91. The molecule has 0 bridgehead atoms. The molecule has 1 N–H and O–H groups in total. The maximum atomic E-state index is 11.3. The summed E-state index contributed by atoms with van der Waals surface area (Å²) < 4.78 is 11.3. The number of rotatable bonds is 2. The van der Waals surface area contributed by atoms with Crippen molar-refractivity contribution in [1.82, 2.24) is 10.2 Å². The fourth-order valence-corrected chi connectivity index (χ4v) is 4.10. The number of nitrogens with one attached hydrogen (secondary N) is 1. The molecule has 3 nitrogen and oxygen atoms in total. The molecule has 0 radical (unpaired) electrons. The molecule has 0 amide bonds. The van der Waals surface area contributed by atoms with Gasteiger partial charge in [-0.1, -0.05) is 6.92 Å². The third-order valence-electron chi connectivity index (χ3n) is 3.89. The highest BCUT2D eigenvalue weighted by Gasteiger charge is 2.33. The zero-order valence-corrected chi connectivity index (χ0v) is 10.6. The van der Waals surface area contributed by atoms with E-state index in [9.17, 15) is 4.21 Å². The Labute approximate surface area is 95.1 Å². The van der Waals surface area contributed by atoms with Crippen LogP contribution in [0.25, 0.3) is 0 Å². The van der Waals surface area contributed by atoms with Gasteiger partial charge in [0, 0.05) is 47.5 Å². The van der Waals surface area contributed by atoms with Crippen LogP contribution in [0.4, 0.5) is 0 Å². The van der Waals surface area contributed by atoms with Gasteiger partial charge in [0.2, 0.25) is 0 Å². The predicted molar refractivity (Wildman–Crippen MR) is 64.5 cm³/mol. The van der Waals surface area contributed by atoms with Gasteiger partial charge in [-0.2, -0.15) is 0 Å². The van der Waals surface area contributed by atoms with Crippen LogP contribution >= 0.6 is 0 Å². The van der Waals surface area contributed by atoms with E-state index in [0.717, 1.165) is 30.3 Å². The van der Waals surface area contributed by atoms with E-state index in [-0.39, 0.29) is 0 Å². The summed E-state index contributed by atoms with van der Waals surface area (Å²) in [6, 6.07) is 1.35. The first-order valence-electron chi connectivity index (χ1n) is 5.97. The first-order valence-corrected chi connectivity index (χ1v) is 7.46. The molecule has 0 aromatic carbocycles. The van der Waals surface area contributed by atoms with Gasteiger partial charge in [-0.05, 0) is 25.8 Å². The van der Waals surface area contributed by atoms with Gasteiger partial charge in [-0.15, -0.1) is 0 Å². The number of likely N-dealkylation sites (N-methyl/N-ethyl adjacent to an activating group) is 1. The normalized spacial score (nSPS) is 43.3. The molecule has 0 saturated carbocycles. The maximum absolute atomic E-state index is 11.3. The lowest BCUT2D eigenvalue weighted by Gasteiger charge is -2.30. The number of likely N-dealkylation sites (tertiary alicyclic amines) is 1. The van der Waals surface area contributed by atoms with Crippen LogP contribution in [0.2, 0.25) is 0 Å². The Morgan fingerprint density at radius 1 is 1.27 bits per heavy atom. The predicted octanol–water partition coefficient (Wildman–Crippen LogP) is 0.437. The van der Waals surface area contributed by atoms with Crippen LogP contribution in [0.15, 0.2) is 0 Å². The lowest BCUT2D eigenvalue weighted by Crippen LogP contribution is -2.40. The molecule has 4 heteroatoms. The van der Waals surface area contributed by atoms with Crippen LogP contribution in [-0.4, -0.2) is 52.8 Å². The monoisotopic (exact) mass is 230 g/mol. The Morgan fingerprint density at radius 2 is 1.93 bits per heavy atom. The molecule has 2 rings (SSSR count). The lowest BCUT2D eigenvalue weighted by molar-refractivity contribution is 0.219. The van der Waals surface area contributed by atoms with Crippen LogP contribution in [0.5, 0.6) is 0 Å². The highest BCUT2D eigenvalue weighted by molar-refractivity contribution is 7.85. The van der Waals surface area contributed by atoms with E-state index < -0.39 is 10.8 Å². The van der Waals surface area contributed by atoms with Gasteiger partial charge in [-0.3, -0.25) is 9.11 Å². The van der Waals surface area contributed by atoms with E-state index in [1.165, 1.54) is 13.1 Å². The van der Waals surface area contributed by atoms with E-state index in [4.69, 9.17) is 0 Å². The summed E-state index contributed by atoms with van der Waals surface area (Å²) in [7, 11) is 1.53. The van der Waals surface area contributed by atoms with E-state index in [1.807, 2.05) is 0 Å². The summed E-state index contributed by atoms with van der Waals surface area (Å²) >= 11 is 0. The first kappa shape index (κ1) is 11.6. The summed E-state index contributed by atoms with van der Waals surface area (Å²) in [5, 5.41) is 3.39. The van der Waals surface area contributed by atoms with Crippen LogP contribution < -0.4 is 5.32 Å². The Morgan fingerprint density at radius 3 is 2.47 bits per heavy atom. The minimum Gasteiger partial charge on any atom is -0.315 e.